The van der Waals surface area contributed by atoms with Crippen molar-refractivity contribution in [2.24, 2.45) is 5.92 Å². The van der Waals surface area contributed by atoms with E-state index in [-0.39, 0.29) is 11.8 Å². The minimum absolute atomic E-state index is 0.0181. The third kappa shape index (κ3) is 4.02. The summed E-state index contributed by atoms with van der Waals surface area (Å²) in [6.07, 6.45) is 6.49. The molecule has 7 nitrogen and oxygen atoms in total. The van der Waals surface area contributed by atoms with Crippen LogP contribution in [-0.2, 0) is 9.53 Å². The minimum atomic E-state index is -0.924. The van der Waals surface area contributed by atoms with E-state index in [1.54, 1.807) is 30.4 Å². The topological polar surface area (TPSA) is 78.8 Å². The van der Waals surface area contributed by atoms with Crippen LogP contribution < -0.4 is 4.90 Å². The lowest BCUT2D eigenvalue weighted by molar-refractivity contribution is -0.140. The van der Waals surface area contributed by atoms with Crippen LogP contribution in [0.2, 0.25) is 0 Å². The fourth-order valence-corrected chi connectivity index (χ4v) is 3.64. The van der Waals surface area contributed by atoms with E-state index in [9.17, 15) is 9.90 Å². The molecule has 0 aliphatic carbocycles. The van der Waals surface area contributed by atoms with Gasteiger partial charge in [0, 0.05) is 45.1 Å². The van der Waals surface area contributed by atoms with Crippen molar-refractivity contribution < 1.29 is 14.6 Å². The molecule has 1 unspecified atom stereocenters. The zero-order chi connectivity index (χ0) is 17.0. The van der Waals surface area contributed by atoms with Crippen molar-refractivity contribution in [1.29, 1.82) is 0 Å². The first-order valence-electron chi connectivity index (χ1n) is 8.64. The summed E-state index contributed by atoms with van der Waals surface area (Å²) in [5.41, 5.74) is -0.924. The van der Waals surface area contributed by atoms with Gasteiger partial charge in [-0.2, -0.15) is 0 Å². The molecule has 1 N–H and O–H groups in total. The Labute approximate surface area is 142 Å². The van der Waals surface area contributed by atoms with Crippen LogP contribution in [0.4, 0.5) is 5.95 Å². The van der Waals surface area contributed by atoms with E-state index >= 15 is 0 Å². The highest BCUT2D eigenvalue weighted by atomic mass is 16.5. The molecular formula is C17H26N4O3. The summed E-state index contributed by atoms with van der Waals surface area (Å²) >= 11 is 0. The van der Waals surface area contributed by atoms with Gasteiger partial charge in [0.2, 0.25) is 11.9 Å². The zero-order valence-corrected chi connectivity index (χ0v) is 14.2. The third-order valence-electron chi connectivity index (χ3n) is 4.87. The van der Waals surface area contributed by atoms with Gasteiger partial charge in [0.25, 0.3) is 0 Å². The molecule has 0 saturated carbocycles. The zero-order valence-electron chi connectivity index (χ0n) is 14.2. The maximum atomic E-state index is 12.6. The van der Waals surface area contributed by atoms with E-state index in [4.69, 9.17) is 4.74 Å². The maximum absolute atomic E-state index is 12.6. The summed E-state index contributed by atoms with van der Waals surface area (Å²) in [6, 6.07) is 1.78. The third-order valence-corrected chi connectivity index (χ3v) is 4.87. The Morgan fingerprint density at radius 2 is 2.12 bits per heavy atom. The van der Waals surface area contributed by atoms with Crippen LogP contribution in [0.25, 0.3) is 0 Å². The molecule has 1 aromatic rings. The van der Waals surface area contributed by atoms with E-state index in [1.807, 2.05) is 4.90 Å². The summed E-state index contributed by atoms with van der Waals surface area (Å²) in [7, 11) is 1.79. The molecular weight excluding hydrogens is 308 g/mol. The standard InChI is InChI=1S/C17H26N4O3/c1-20(15(22)14-4-10-24-11-5-14)12-17(23)6-2-9-21(13-17)16-18-7-3-8-19-16/h3,7-8,14,23H,2,4-6,9-13H2,1H3. The summed E-state index contributed by atoms with van der Waals surface area (Å²) in [4.78, 5) is 24.8. The average Bonchev–Trinajstić information content (AvgIpc) is 2.62. The van der Waals surface area contributed by atoms with Gasteiger partial charge in [-0.15, -0.1) is 0 Å². The second kappa shape index (κ2) is 7.44. The molecule has 1 aromatic heterocycles. The molecule has 2 saturated heterocycles. The second-order valence-corrected chi connectivity index (χ2v) is 6.88. The summed E-state index contributed by atoms with van der Waals surface area (Å²) < 4.78 is 5.32. The van der Waals surface area contributed by atoms with Crippen LogP contribution in [0.3, 0.4) is 0 Å². The number of hydrogen-bond acceptors (Lipinski definition) is 6. The molecule has 3 heterocycles. The highest BCUT2D eigenvalue weighted by Crippen LogP contribution is 2.26. The van der Waals surface area contributed by atoms with Crippen molar-refractivity contribution >= 4 is 11.9 Å². The van der Waals surface area contributed by atoms with Crippen molar-refractivity contribution in [3.05, 3.63) is 18.5 Å². The Kier molecular flexibility index (Phi) is 5.30. The molecule has 2 aliphatic heterocycles. The number of anilines is 1. The number of nitrogens with zero attached hydrogens (tertiary/aromatic N) is 4. The molecule has 1 atom stereocenters. The number of likely N-dealkylation sites (N-methyl/N-ethyl adjacent to an activating group) is 1. The van der Waals surface area contributed by atoms with E-state index < -0.39 is 5.60 Å². The normalized spacial score (nSPS) is 25.5. The number of amides is 1. The fourth-order valence-electron chi connectivity index (χ4n) is 3.64. The summed E-state index contributed by atoms with van der Waals surface area (Å²) in [5.74, 6) is 0.762. The number of carbonyl (C=O) groups excluding carboxylic acids is 1. The van der Waals surface area contributed by atoms with Crippen molar-refractivity contribution in [3.8, 4) is 0 Å². The predicted molar refractivity (Wildman–Crippen MR) is 89.6 cm³/mol. The molecule has 0 aromatic carbocycles. The Morgan fingerprint density at radius 3 is 2.83 bits per heavy atom. The molecule has 7 heteroatoms. The van der Waals surface area contributed by atoms with Crippen LogP contribution >= 0.6 is 0 Å². The number of ether oxygens (including phenoxy) is 1. The van der Waals surface area contributed by atoms with Crippen molar-refractivity contribution in [3.63, 3.8) is 0 Å². The Hall–Kier alpha value is -1.73. The lowest BCUT2D eigenvalue weighted by Crippen LogP contribution is -2.55. The van der Waals surface area contributed by atoms with E-state index in [0.29, 0.717) is 38.7 Å². The van der Waals surface area contributed by atoms with E-state index in [0.717, 1.165) is 25.8 Å². The molecule has 24 heavy (non-hydrogen) atoms. The lowest BCUT2D eigenvalue weighted by atomic mass is 9.91. The van der Waals surface area contributed by atoms with Gasteiger partial charge in [-0.05, 0) is 31.7 Å². The number of aromatic nitrogens is 2. The molecule has 3 rings (SSSR count). The average molecular weight is 334 g/mol. The van der Waals surface area contributed by atoms with Crippen molar-refractivity contribution in [2.75, 3.05) is 44.8 Å². The number of hydrogen-bond donors (Lipinski definition) is 1. The van der Waals surface area contributed by atoms with Crippen molar-refractivity contribution in [2.45, 2.75) is 31.3 Å². The highest BCUT2D eigenvalue weighted by Gasteiger charge is 2.37. The van der Waals surface area contributed by atoms with Gasteiger partial charge in [-0.3, -0.25) is 4.79 Å². The van der Waals surface area contributed by atoms with Crippen LogP contribution in [0.15, 0.2) is 18.5 Å². The van der Waals surface area contributed by atoms with Gasteiger partial charge in [-0.25, -0.2) is 9.97 Å². The Bertz CT molecular complexity index is 550. The van der Waals surface area contributed by atoms with Gasteiger partial charge in [0.15, 0.2) is 0 Å². The van der Waals surface area contributed by atoms with E-state index in [2.05, 4.69) is 9.97 Å². The second-order valence-electron chi connectivity index (χ2n) is 6.88. The predicted octanol–water partition coefficient (Wildman–Crippen LogP) is 0.693. The number of aliphatic hydroxyl groups is 1. The first-order chi connectivity index (χ1) is 11.6. The van der Waals surface area contributed by atoms with Gasteiger partial charge in [-0.1, -0.05) is 0 Å². The number of piperidine rings is 1. The van der Waals surface area contributed by atoms with Crippen molar-refractivity contribution in [1.82, 2.24) is 14.9 Å². The molecule has 2 aliphatic rings. The van der Waals surface area contributed by atoms with Crippen LogP contribution in [0, 0.1) is 5.92 Å². The molecule has 2 fully saturated rings. The monoisotopic (exact) mass is 334 g/mol. The first-order valence-corrected chi connectivity index (χ1v) is 8.64. The van der Waals surface area contributed by atoms with Crippen LogP contribution in [-0.4, -0.2) is 71.4 Å². The van der Waals surface area contributed by atoms with Gasteiger partial charge in [0.05, 0.1) is 18.7 Å². The molecule has 0 bridgehead atoms. The minimum Gasteiger partial charge on any atom is -0.386 e. The van der Waals surface area contributed by atoms with Gasteiger partial charge < -0.3 is 19.6 Å². The lowest BCUT2D eigenvalue weighted by Gasteiger charge is -2.41. The fraction of sp³-hybridized carbons (Fsp3) is 0.706. The first kappa shape index (κ1) is 17.1. The smallest absolute Gasteiger partial charge is 0.225 e. The number of β-amino-alcohol motifs (C(OH)–C–C–N with tert-alkyl or cyclic N) is 1. The Morgan fingerprint density at radius 1 is 1.42 bits per heavy atom. The summed E-state index contributed by atoms with van der Waals surface area (Å²) in [6.45, 7) is 2.90. The molecule has 132 valence electrons. The van der Waals surface area contributed by atoms with Gasteiger partial charge >= 0.3 is 0 Å². The largest absolute Gasteiger partial charge is 0.386 e. The quantitative estimate of drug-likeness (QED) is 0.873. The molecule has 0 spiro atoms. The van der Waals surface area contributed by atoms with Crippen LogP contribution in [0.5, 0.6) is 0 Å². The molecule has 1 amide bonds. The maximum Gasteiger partial charge on any atom is 0.225 e. The SMILES string of the molecule is CN(CC1(O)CCCN(c2ncccn2)C1)C(=O)C1CCOCC1. The van der Waals surface area contributed by atoms with Crippen LogP contribution in [0.1, 0.15) is 25.7 Å². The summed E-state index contributed by atoms with van der Waals surface area (Å²) in [5, 5.41) is 11.0. The number of carbonyl (C=O) groups is 1. The van der Waals surface area contributed by atoms with E-state index in [1.165, 1.54) is 0 Å². The highest BCUT2D eigenvalue weighted by molar-refractivity contribution is 5.78. The number of rotatable bonds is 4. The Balaban J connectivity index is 1.61. The van der Waals surface area contributed by atoms with Gasteiger partial charge in [0.1, 0.15) is 0 Å². The molecule has 0 radical (unpaired) electrons.